The van der Waals surface area contributed by atoms with Gasteiger partial charge in [0.15, 0.2) is 5.78 Å². The maximum atomic E-state index is 12.9. The van der Waals surface area contributed by atoms with Crippen LogP contribution in [0, 0.1) is 0 Å². The second kappa shape index (κ2) is 6.31. The maximum absolute atomic E-state index is 12.9. The van der Waals surface area contributed by atoms with Crippen molar-refractivity contribution >= 4 is 23.3 Å². The van der Waals surface area contributed by atoms with E-state index in [2.05, 4.69) is 0 Å². The molecule has 1 aliphatic carbocycles. The number of benzene rings is 1. The molecule has 4 rings (SSSR count). The number of hydrogen-bond acceptors (Lipinski definition) is 3. The number of alkyl halides is 3. The first-order valence-electron chi connectivity index (χ1n) is 8.57. The van der Waals surface area contributed by atoms with Crippen molar-refractivity contribution in [2.45, 2.75) is 49.4 Å². The van der Waals surface area contributed by atoms with Gasteiger partial charge in [0.05, 0.1) is 10.8 Å². The van der Waals surface area contributed by atoms with E-state index in [1.54, 1.807) is 11.8 Å². The van der Waals surface area contributed by atoms with E-state index in [1.807, 2.05) is 0 Å². The van der Waals surface area contributed by atoms with E-state index >= 15 is 0 Å². The van der Waals surface area contributed by atoms with Crippen molar-refractivity contribution in [3.05, 3.63) is 46.7 Å². The standard InChI is InChI=1S/C19H18F3NOS/c20-19(21,22)12-8-6-11(7-9-12)16-17-13(3-1-5-15(17)24)23-14-4-2-10-25-18(14)16/h6-9,16,18H,1-5,10H2. The minimum Gasteiger partial charge on any atom is -0.294 e. The summed E-state index contributed by atoms with van der Waals surface area (Å²) in [4.78, 5) is 17.4. The normalized spacial score (nSPS) is 26.8. The van der Waals surface area contributed by atoms with Crippen molar-refractivity contribution in [1.29, 1.82) is 0 Å². The fourth-order valence-corrected chi connectivity index (χ4v) is 5.39. The molecule has 2 heterocycles. The van der Waals surface area contributed by atoms with Crippen LogP contribution in [0.25, 0.3) is 0 Å². The Kier molecular flexibility index (Phi) is 4.26. The Hall–Kier alpha value is -1.56. The summed E-state index contributed by atoms with van der Waals surface area (Å²) in [7, 11) is 0. The molecule has 0 N–H and O–H groups in total. The molecular weight excluding hydrogens is 347 g/mol. The number of allylic oxidation sites excluding steroid dienone is 2. The second-order valence-corrected chi connectivity index (χ2v) is 7.98. The number of rotatable bonds is 1. The van der Waals surface area contributed by atoms with Crippen LogP contribution in [0.2, 0.25) is 0 Å². The topological polar surface area (TPSA) is 29.4 Å². The average molecular weight is 365 g/mol. The Morgan fingerprint density at radius 3 is 2.52 bits per heavy atom. The largest absolute Gasteiger partial charge is 0.416 e. The zero-order chi connectivity index (χ0) is 17.6. The van der Waals surface area contributed by atoms with Crippen molar-refractivity contribution in [2.75, 3.05) is 5.75 Å². The molecule has 1 aromatic rings. The van der Waals surface area contributed by atoms with Gasteiger partial charge in [-0.25, -0.2) is 0 Å². The van der Waals surface area contributed by atoms with Crippen LogP contribution in [0.5, 0.6) is 0 Å². The number of carbonyl (C=O) groups excluding carboxylic acids is 1. The van der Waals surface area contributed by atoms with E-state index in [-0.39, 0.29) is 17.0 Å². The number of carbonyl (C=O) groups is 1. The number of fused-ring (bicyclic) bond motifs is 1. The Morgan fingerprint density at radius 2 is 1.80 bits per heavy atom. The Labute approximate surface area is 148 Å². The van der Waals surface area contributed by atoms with Crippen LogP contribution in [0.3, 0.4) is 0 Å². The van der Waals surface area contributed by atoms with Gasteiger partial charge in [0.25, 0.3) is 0 Å². The number of halogens is 3. The molecule has 132 valence electrons. The first kappa shape index (κ1) is 16.9. The predicted octanol–water partition coefficient (Wildman–Crippen LogP) is 5.15. The highest BCUT2D eigenvalue weighted by molar-refractivity contribution is 8.00. The van der Waals surface area contributed by atoms with E-state index < -0.39 is 11.7 Å². The van der Waals surface area contributed by atoms with Crippen LogP contribution in [-0.4, -0.2) is 22.5 Å². The molecule has 0 bridgehead atoms. The molecule has 0 spiro atoms. The zero-order valence-electron chi connectivity index (χ0n) is 13.6. The van der Waals surface area contributed by atoms with E-state index in [1.165, 1.54) is 12.1 Å². The molecule has 0 aromatic heterocycles. The zero-order valence-corrected chi connectivity index (χ0v) is 14.4. The fourth-order valence-electron chi connectivity index (χ4n) is 3.97. The summed E-state index contributed by atoms with van der Waals surface area (Å²) >= 11 is 1.78. The van der Waals surface area contributed by atoms with Gasteiger partial charge in [0.2, 0.25) is 0 Å². The molecule has 0 radical (unpaired) electrons. The summed E-state index contributed by atoms with van der Waals surface area (Å²) in [6, 6.07) is 5.33. The molecule has 2 aliphatic heterocycles. The lowest BCUT2D eigenvalue weighted by Crippen LogP contribution is -2.36. The van der Waals surface area contributed by atoms with E-state index in [0.29, 0.717) is 6.42 Å². The number of aliphatic imine (C=N–C) groups is 1. The number of Topliss-reactive ketones (excluding diaryl/α,β-unsaturated/α-hetero) is 1. The van der Waals surface area contributed by atoms with Crippen LogP contribution < -0.4 is 0 Å². The molecule has 2 atom stereocenters. The van der Waals surface area contributed by atoms with Crippen molar-refractivity contribution in [3.8, 4) is 0 Å². The van der Waals surface area contributed by atoms with Gasteiger partial charge < -0.3 is 0 Å². The molecule has 6 heteroatoms. The maximum Gasteiger partial charge on any atom is 0.416 e. The lowest BCUT2D eigenvalue weighted by atomic mass is 9.76. The summed E-state index contributed by atoms with van der Waals surface area (Å²) in [5, 5.41) is 0.0753. The van der Waals surface area contributed by atoms with Crippen LogP contribution in [0.15, 0.2) is 40.5 Å². The van der Waals surface area contributed by atoms with Gasteiger partial charge >= 0.3 is 6.18 Å². The SMILES string of the molecule is O=C1CCCC2=C1C(c1ccc(C(F)(F)F)cc1)C1SCCCC1=N2. The number of hydrogen-bond donors (Lipinski definition) is 0. The van der Waals surface area contributed by atoms with Gasteiger partial charge in [0.1, 0.15) is 0 Å². The van der Waals surface area contributed by atoms with E-state index in [9.17, 15) is 18.0 Å². The van der Waals surface area contributed by atoms with Gasteiger partial charge in [0, 0.05) is 29.3 Å². The Balaban J connectivity index is 1.79. The number of nitrogens with zero attached hydrogens (tertiary/aromatic N) is 1. The van der Waals surface area contributed by atoms with Gasteiger partial charge in [-0.2, -0.15) is 24.9 Å². The quantitative estimate of drug-likeness (QED) is 0.689. The lowest BCUT2D eigenvalue weighted by molar-refractivity contribution is -0.137. The summed E-state index contributed by atoms with van der Waals surface area (Å²) in [5.41, 5.74) is 2.86. The molecule has 1 saturated heterocycles. The molecule has 0 amide bonds. The van der Waals surface area contributed by atoms with Crippen LogP contribution in [0.4, 0.5) is 13.2 Å². The third-order valence-corrected chi connectivity index (χ3v) is 6.55. The molecule has 1 fully saturated rings. The summed E-state index contributed by atoms with van der Waals surface area (Å²) in [6.07, 6.45) is -0.248. The van der Waals surface area contributed by atoms with Crippen LogP contribution in [0.1, 0.15) is 49.1 Å². The van der Waals surface area contributed by atoms with Crippen molar-refractivity contribution in [2.24, 2.45) is 4.99 Å². The predicted molar refractivity (Wildman–Crippen MR) is 93.0 cm³/mol. The van der Waals surface area contributed by atoms with Crippen LogP contribution >= 0.6 is 11.8 Å². The average Bonchev–Trinajstić information content (AvgIpc) is 2.59. The molecular formula is C19H18F3NOS. The third kappa shape index (κ3) is 3.05. The van der Waals surface area contributed by atoms with Gasteiger partial charge in [-0.1, -0.05) is 12.1 Å². The van der Waals surface area contributed by atoms with E-state index in [4.69, 9.17) is 4.99 Å². The lowest BCUT2D eigenvalue weighted by Gasteiger charge is -2.38. The number of ketones is 1. The highest BCUT2D eigenvalue weighted by Crippen LogP contribution is 2.47. The highest BCUT2D eigenvalue weighted by Gasteiger charge is 2.41. The monoisotopic (exact) mass is 365 g/mol. The minimum absolute atomic E-state index is 0.0753. The summed E-state index contributed by atoms with van der Waals surface area (Å²) in [5.74, 6) is 0.945. The van der Waals surface area contributed by atoms with Gasteiger partial charge in [-0.3, -0.25) is 9.79 Å². The minimum atomic E-state index is -4.34. The van der Waals surface area contributed by atoms with Gasteiger partial charge in [-0.05, 0) is 49.1 Å². The van der Waals surface area contributed by atoms with E-state index in [0.717, 1.165) is 66.1 Å². The molecule has 25 heavy (non-hydrogen) atoms. The van der Waals surface area contributed by atoms with Crippen molar-refractivity contribution in [3.63, 3.8) is 0 Å². The molecule has 3 aliphatic rings. The Bertz CT molecular complexity index is 764. The third-order valence-electron chi connectivity index (χ3n) is 5.12. The summed E-state index contributed by atoms with van der Waals surface area (Å²) in [6.45, 7) is 0. The molecule has 2 nitrogen and oxygen atoms in total. The number of thioether (sulfide) groups is 1. The fraction of sp³-hybridized carbons (Fsp3) is 0.474. The smallest absolute Gasteiger partial charge is 0.294 e. The van der Waals surface area contributed by atoms with Crippen molar-refractivity contribution < 1.29 is 18.0 Å². The molecule has 2 unspecified atom stereocenters. The van der Waals surface area contributed by atoms with Gasteiger partial charge in [-0.15, -0.1) is 0 Å². The van der Waals surface area contributed by atoms with Crippen molar-refractivity contribution in [1.82, 2.24) is 0 Å². The molecule has 1 aromatic carbocycles. The summed E-state index contributed by atoms with van der Waals surface area (Å²) < 4.78 is 38.6. The highest BCUT2D eigenvalue weighted by atomic mass is 32.2. The molecule has 0 saturated carbocycles. The van der Waals surface area contributed by atoms with Crippen LogP contribution in [-0.2, 0) is 11.0 Å². The first-order chi connectivity index (χ1) is 11.9. The Morgan fingerprint density at radius 1 is 1.04 bits per heavy atom. The second-order valence-electron chi connectivity index (χ2n) is 6.73. The first-order valence-corrected chi connectivity index (χ1v) is 9.62.